The van der Waals surface area contributed by atoms with E-state index < -0.39 is 0 Å². The van der Waals surface area contributed by atoms with Gasteiger partial charge in [-0.05, 0) is 50.7 Å². The van der Waals surface area contributed by atoms with E-state index in [1.165, 1.54) is 37.7 Å². The maximum absolute atomic E-state index is 12.6. The third-order valence-corrected chi connectivity index (χ3v) is 4.69. The van der Waals surface area contributed by atoms with Crippen LogP contribution in [-0.4, -0.2) is 18.5 Å². The van der Waals surface area contributed by atoms with Crippen LogP contribution in [0.3, 0.4) is 0 Å². The minimum absolute atomic E-state index is 0. The Bertz CT molecular complexity index is 487. The fourth-order valence-corrected chi connectivity index (χ4v) is 3.68. The van der Waals surface area contributed by atoms with Crippen LogP contribution in [0.25, 0.3) is 0 Å². The first-order valence-corrected chi connectivity index (χ1v) is 8.11. The molecule has 0 aromatic heterocycles. The lowest BCUT2D eigenvalue weighted by Crippen LogP contribution is -2.46. The van der Waals surface area contributed by atoms with E-state index in [-0.39, 0.29) is 24.4 Å². The monoisotopic (exact) mass is 324 g/mol. The predicted molar refractivity (Wildman–Crippen MR) is 94.8 cm³/mol. The molecule has 1 saturated carbocycles. The standard InChI is InChI=1S/C18H28N2O.ClH/c1-12-9-13(2)17(14(3)10-12)18(21)20-16(11-19)15-7-5-4-6-8-15;/h9-10,15-16H,4-8,11,19H2,1-3H3,(H,20,21);1H. The van der Waals surface area contributed by atoms with Gasteiger partial charge in [-0.15, -0.1) is 12.4 Å². The van der Waals surface area contributed by atoms with Crippen molar-refractivity contribution in [3.8, 4) is 0 Å². The number of halogens is 1. The number of amides is 1. The molecular formula is C18H29ClN2O. The van der Waals surface area contributed by atoms with E-state index in [9.17, 15) is 4.79 Å². The molecule has 1 atom stereocenters. The Kier molecular flexibility index (Phi) is 7.37. The molecule has 1 unspecified atom stereocenters. The highest BCUT2D eigenvalue weighted by molar-refractivity contribution is 5.97. The van der Waals surface area contributed by atoms with E-state index in [0.717, 1.165) is 16.7 Å². The molecule has 1 aliphatic rings. The van der Waals surface area contributed by atoms with Gasteiger partial charge in [0.25, 0.3) is 5.91 Å². The van der Waals surface area contributed by atoms with Crippen LogP contribution in [0.4, 0.5) is 0 Å². The summed E-state index contributed by atoms with van der Waals surface area (Å²) in [5.41, 5.74) is 10.0. The van der Waals surface area contributed by atoms with Crippen LogP contribution >= 0.6 is 12.4 Å². The highest BCUT2D eigenvalue weighted by Crippen LogP contribution is 2.26. The van der Waals surface area contributed by atoms with Crippen molar-refractivity contribution in [3.63, 3.8) is 0 Å². The molecule has 1 aliphatic carbocycles. The molecule has 3 nitrogen and oxygen atoms in total. The zero-order valence-corrected chi connectivity index (χ0v) is 14.8. The summed E-state index contributed by atoms with van der Waals surface area (Å²) in [4.78, 5) is 12.6. The van der Waals surface area contributed by atoms with Gasteiger partial charge in [0, 0.05) is 18.2 Å². The summed E-state index contributed by atoms with van der Waals surface area (Å²) in [5.74, 6) is 0.574. The van der Waals surface area contributed by atoms with Crippen molar-refractivity contribution in [1.82, 2.24) is 5.32 Å². The van der Waals surface area contributed by atoms with Crippen molar-refractivity contribution < 1.29 is 4.79 Å². The van der Waals surface area contributed by atoms with Gasteiger partial charge in [0.2, 0.25) is 0 Å². The van der Waals surface area contributed by atoms with Gasteiger partial charge >= 0.3 is 0 Å². The highest BCUT2D eigenvalue weighted by Gasteiger charge is 2.25. The second-order valence-corrected chi connectivity index (χ2v) is 6.49. The lowest BCUT2D eigenvalue weighted by atomic mass is 9.83. The SMILES string of the molecule is Cc1cc(C)c(C(=O)NC(CN)C2CCCCC2)c(C)c1.Cl. The molecule has 0 saturated heterocycles. The van der Waals surface area contributed by atoms with Crippen LogP contribution in [-0.2, 0) is 0 Å². The van der Waals surface area contributed by atoms with Crippen molar-refractivity contribution in [2.45, 2.75) is 58.9 Å². The molecule has 22 heavy (non-hydrogen) atoms. The molecule has 0 aliphatic heterocycles. The minimum atomic E-state index is 0. The average molecular weight is 325 g/mol. The second kappa shape index (κ2) is 8.54. The fraction of sp³-hybridized carbons (Fsp3) is 0.611. The molecule has 0 heterocycles. The number of hydrogen-bond acceptors (Lipinski definition) is 2. The van der Waals surface area contributed by atoms with Crippen LogP contribution in [0.5, 0.6) is 0 Å². The number of nitrogens with one attached hydrogen (secondary N) is 1. The first-order chi connectivity index (χ1) is 10.0. The molecule has 0 bridgehead atoms. The molecule has 0 spiro atoms. The van der Waals surface area contributed by atoms with Crippen molar-refractivity contribution in [1.29, 1.82) is 0 Å². The maximum atomic E-state index is 12.6. The van der Waals surface area contributed by atoms with Crippen molar-refractivity contribution in [2.24, 2.45) is 11.7 Å². The number of benzene rings is 1. The number of nitrogens with two attached hydrogens (primary N) is 1. The minimum Gasteiger partial charge on any atom is -0.348 e. The molecule has 0 radical (unpaired) electrons. The van der Waals surface area contributed by atoms with Crippen LogP contribution < -0.4 is 11.1 Å². The summed E-state index contributed by atoms with van der Waals surface area (Å²) < 4.78 is 0. The van der Waals surface area contributed by atoms with E-state index in [0.29, 0.717) is 12.5 Å². The van der Waals surface area contributed by atoms with E-state index in [1.807, 2.05) is 13.8 Å². The first kappa shape index (κ1) is 19.0. The van der Waals surface area contributed by atoms with E-state index in [4.69, 9.17) is 5.73 Å². The van der Waals surface area contributed by atoms with Gasteiger partial charge in [-0.3, -0.25) is 4.79 Å². The largest absolute Gasteiger partial charge is 0.348 e. The van der Waals surface area contributed by atoms with E-state index in [1.54, 1.807) is 0 Å². The lowest BCUT2D eigenvalue weighted by molar-refractivity contribution is 0.0914. The Balaban J connectivity index is 0.00000242. The molecular weight excluding hydrogens is 296 g/mol. The summed E-state index contributed by atoms with van der Waals surface area (Å²) in [5, 5.41) is 3.19. The average Bonchev–Trinajstić information content (AvgIpc) is 2.44. The van der Waals surface area contributed by atoms with Crippen LogP contribution in [0.1, 0.15) is 59.2 Å². The van der Waals surface area contributed by atoms with Crippen LogP contribution in [0.15, 0.2) is 12.1 Å². The highest BCUT2D eigenvalue weighted by atomic mass is 35.5. The zero-order chi connectivity index (χ0) is 15.4. The Morgan fingerprint density at radius 3 is 2.23 bits per heavy atom. The lowest BCUT2D eigenvalue weighted by Gasteiger charge is -2.30. The molecule has 2 rings (SSSR count). The summed E-state index contributed by atoms with van der Waals surface area (Å²) in [7, 11) is 0. The van der Waals surface area contributed by atoms with Gasteiger partial charge in [-0.25, -0.2) is 0 Å². The molecule has 1 aromatic carbocycles. The molecule has 124 valence electrons. The van der Waals surface area contributed by atoms with Gasteiger partial charge in [-0.1, -0.05) is 37.0 Å². The number of rotatable bonds is 4. The Morgan fingerprint density at radius 2 is 1.73 bits per heavy atom. The number of carbonyl (C=O) groups is 1. The fourth-order valence-electron chi connectivity index (χ4n) is 3.68. The molecule has 1 aromatic rings. The van der Waals surface area contributed by atoms with Gasteiger partial charge in [0.1, 0.15) is 0 Å². The predicted octanol–water partition coefficient (Wildman–Crippen LogP) is 3.67. The van der Waals surface area contributed by atoms with Gasteiger partial charge in [-0.2, -0.15) is 0 Å². The number of hydrogen-bond donors (Lipinski definition) is 2. The van der Waals surface area contributed by atoms with Gasteiger partial charge < -0.3 is 11.1 Å². The first-order valence-electron chi connectivity index (χ1n) is 8.11. The molecule has 4 heteroatoms. The van der Waals surface area contributed by atoms with Crippen LogP contribution in [0.2, 0.25) is 0 Å². The smallest absolute Gasteiger partial charge is 0.252 e. The summed E-state index contributed by atoms with van der Waals surface area (Å²) in [6, 6.07) is 4.25. The maximum Gasteiger partial charge on any atom is 0.252 e. The normalized spacial score (nSPS) is 16.7. The van der Waals surface area contributed by atoms with Crippen molar-refractivity contribution >= 4 is 18.3 Å². The molecule has 1 fully saturated rings. The van der Waals surface area contributed by atoms with Crippen LogP contribution in [0, 0.1) is 26.7 Å². The Hall–Kier alpha value is -1.06. The number of aryl methyl sites for hydroxylation is 3. The summed E-state index contributed by atoms with van der Waals surface area (Å²) in [6.45, 7) is 6.60. The zero-order valence-electron chi connectivity index (χ0n) is 13.9. The quantitative estimate of drug-likeness (QED) is 0.887. The third kappa shape index (κ3) is 4.47. The summed E-state index contributed by atoms with van der Waals surface area (Å²) in [6.07, 6.45) is 6.22. The van der Waals surface area contributed by atoms with E-state index in [2.05, 4.69) is 24.4 Å². The Morgan fingerprint density at radius 1 is 1.18 bits per heavy atom. The second-order valence-electron chi connectivity index (χ2n) is 6.49. The number of carbonyl (C=O) groups excluding carboxylic acids is 1. The van der Waals surface area contributed by atoms with E-state index >= 15 is 0 Å². The Labute approximate surface area is 140 Å². The third-order valence-electron chi connectivity index (χ3n) is 4.69. The van der Waals surface area contributed by atoms with Crippen molar-refractivity contribution in [2.75, 3.05) is 6.54 Å². The molecule has 1 amide bonds. The van der Waals surface area contributed by atoms with Crippen molar-refractivity contribution in [3.05, 3.63) is 34.4 Å². The molecule has 3 N–H and O–H groups in total. The van der Waals surface area contributed by atoms with Gasteiger partial charge in [0.05, 0.1) is 0 Å². The van der Waals surface area contributed by atoms with Gasteiger partial charge in [0.15, 0.2) is 0 Å². The summed E-state index contributed by atoms with van der Waals surface area (Å²) >= 11 is 0. The topological polar surface area (TPSA) is 55.1 Å².